The highest BCUT2D eigenvalue weighted by molar-refractivity contribution is 6.08. The molecule has 1 amide bonds. The molecule has 0 unspecified atom stereocenters. The molecule has 0 aliphatic heterocycles. The summed E-state index contributed by atoms with van der Waals surface area (Å²) in [5, 5.41) is 13.5. The number of amides is 1. The molecule has 6 heteroatoms. The molecule has 1 aromatic heterocycles. The van der Waals surface area contributed by atoms with E-state index in [4.69, 9.17) is 4.74 Å². The quantitative estimate of drug-likeness (QED) is 0.802. The summed E-state index contributed by atoms with van der Waals surface area (Å²) in [5.74, 6) is -0.782. The van der Waals surface area contributed by atoms with Crippen LogP contribution in [0.25, 0.3) is 10.8 Å². The minimum atomic E-state index is -0.439. The first kappa shape index (κ1) is 14.1. The van der Waals surface area contributed by atoms with E-state index in [1.807, 2.05) is 0 Å². The number of nitrogens with one attached hydrogen (secondary N) is 1. The maximum Gasteiger partial charge on any atom is 0.260 e. The van der Waals surface area contributed by atoms with Crippen molar-refractivity contribution in [3.8, 4) is 5.88 Å². The van der Waals surface area contributed by atoms with Crippen LogP contribution in [-0.2, 0) is 11.8 Å². The van der Waals surface area contributed by atoms with E-state index >= 15 is 0 Å². The molecule has 2 N–H and O–H groups in total. The fraction of sp³-hybridized carbons (Fsp3) is 0.286. The molecule has 0 aliphatic rings. The summed E-state index contributed by atoms with van der Waals surface area (Å²) in [6, 6.07) is 6.70. The van der Waals surface area contributed by atoms with Crippen LogP contribution in [0.2, 0.25) is 0 Å². The number of ether oxygens (including phenoxy) is 1. The number of benzene rings is 1. The normalized spacial score (nSPS) is 10.7. The second-order valence-corrected chi connectivity index (χ2v) is 4.36. The Kier molecular flexibility index (Phi) is 4.05. The molecular formula is C14H16N2O4. The van der Waals surface area contributed by atoms with E-state index in [-0.39, 0.29) is 17.0 Å². The smallest absolute Gasteiger partial charge is 0.260 e. The van der Waals surface area contributed by atoms with E-state index in [2.05, 4.69) is 5.32 Å². The van der Waals surface area contributed by atoms with Crippen LogP contribution in [0, 0.1) is 0 Å². The minimum absolute atomic E-state index is 0.0961. The van der Waals surface area contributed by atoms with E-state index in [0.29, 0.717) is 23.9 Å². The van der Waals surface area contributed by atoms with E-state index in [1.165, 1.54) is 14.2 Å². The molecule has 0 saturated heterocycles. The Bertz CT molecular complexity index is 706. The lowest BCUT2D eigenvalue weighted by atomic mass is 10.1. The van der Waals surface area contributed by atoms with Gasteiger partial charge in [0.05, 0.1) is 6.61 Å². The van der Waals surface area contributed by atoms with Crippen molar-refractivity contribution in [2.24, 2.45) is 7.05 Å². The lowest BCUT2D eigenvalue weighted by molar-refractivity contribution is 0.0935. The molecule has 0 saturated carbocycles. The molecule has 6 nitrogen and oxygen atoms in total. The molecule has 0 atom stereocenters. The Morgan fingerprint density at radius 2 is 2.00 bits per heavy atom. The van der Waals surface area contributed by atoms with Crippen molar-refractivity contribution in [2.45, 2.75) is 0 Å². The van der Waals surface area contributed by atoms with E-state index < -0.39 is 5.91 Å². The third kappa shape index (κ3) is 2.37. The first-order chi connectivity index (χ1) is 9.57. The number of aromatic hydroxyl groups is 1. The Hall–Kier alpha value is -2.34. The SMILES string of the molecule is COCCNC(=O)c1c(O)n(C)c(=O)c2ccccc12. The van der Waals surface area contributed by atoms with Gasteiger partial charge in [-0.2, -0.15) is 0 Å². The van der Waals surface area contributed by atoms with Crippen LogP contribution in [0.1, 0.15) is 10.4 Å². The molecule has 106 valence electrons. The number of rotatable bonds is 4. The van der Waals surface area contributed by atoms with Gasteiger partial charge >= 0.3 is 0 Å². The third-order valence-corrected chi connectivity index (χ3v) is 3.09. The van der Waals surface area contributed by atoms with Gasteiger partial charge in [0, 0.05) is 31.5 Å². The van der Waals surface area contributed by atoms with E-state index in [1.54, 1.807) is 24.3 Å². The van der Waals surface area contributed by atoms with Gasteiger partial charge in [0.15, 0.2) is 0 Å². The maximum absolute atomic E-state index is 12.2. The van der Waals surface area contributed by atoms with Gasteiger partial charge in [-0.3, -0.25) is 14.2 Å². The van der Waals surface area contributed by atoms with Crippen LogP contribution in [0.5, 0.6) is 5.88 Å². The summed E-state index contributed by atoms with van der Waals surface area (Å²) >= 11 is 0. The van der Waals surface area contributed by atoms with Gasteiger partial charge in [0.2, 0.25) is 5.88 Å². The standard InChI is InChI=1S/C14H16N2O4/c1-16-13(18)10-6-4-3-5-9(10)11(14(16)19)12(17)15-7-8-20-2/h3-6,19H,7-8H2,1-2H3,(H,15,17). The highest BCUT2D eigenvalue weighted by atomic mass is 16.5. The van der Waals surface area contributed by atoms with Crippen LogP contribution in [0.4, 0.5) is 0 Å². The summed E-state index contributed by atoms with van der Waals surface area (Å²) in [7, 11) is 2.96. The van der Waals surface area contributed by atoms with Crippen molar-refractivity contribution in [3.05, 3.63) is 40.2 Å². The summed E-state index contributed by atoms with van der Waals surface area (Å²) in [6.45, 7) is 0.697. The number of hydrogen-bond acceptors (Lipinski definition) is 4. The van der Waals surface area contributed by atoms with Gasteiger partial charge in [-0.25, -0.2) is 0 Å². The van der Waals surface area contributed by atoms with E-state index in [9.17, 15) is 14.7 Å². The first-order valence-electron chi connectivity index (χ1n) is 6.15. The Morgan fingerprint density at radius 1 is 1.35 bits per heavy atom. The summed E-state index contributed by atoms with van der Waals surface area (Å²) in [6.07, 6.45) is 0. The lowest BCUT2D eigenvalue weighted by Gasteiger charge is -2.12. The second-order valence-electron chi connectivity index (χ2n) is 4.36. The fourth-order valence-corrected chi connectivity index (χ4v) is 2.03. The number of hydrogen-bond donors (Lipinski definition) is 2. The van der Waals surface area contributed by atoms with Crippen molar-refractivity contribution >= 4 is 16.7 Å². The number of aromatic nitrogens is 1. The zero-order valence-electron chi connectivity index (χ0n) is 11.3. The molecule has 0 spiro atoms. The number of methoxy groups -OCH3 is 1. The van der Waals surface area contributed by atoms with Gasteiger partial charge in [0.1, 0.15) is 5.56 Å². The van der Waals surface area contributed by atoms with Crippen LogP contribution in [0.15, 0.2) is 29.1 Å². The molecule has 1 aromatic carbocycles. The predicted molar refractivity (Wildman–Crippen MR) is 75.1 cm³/mol. The van der Waals surface area contributed by atoms with Crippen LogP contribution < -0.4 is 10.9 Å². The third-order valence-electron chi connectivity index (χ3n) is 3.09. The average Bonchev–Trinajstić information content (AvgIpc) is 2.45. The van der Waals surface area contributed by atoms with Crippen molar-refractivity contribution in [3.63, 3.8) is 0 Å². The van der Waals surface area contributed by atoms with Crippen LogP contribution >= 0.6 is 0 Å². The molecule has 0 bridgehead atoms. The van der Waals surface area contributed by atoms with Crippen molar-refractivity contribution in [1.82, 2.24) is 9.88 Å². The summed E-state index contributed by atoms with van der Waals surface area (Å²) in [4.78, 5) is 24.2. The highest BCUT2D eigenvalue weighted by Gasteiger charge is 2.19. The molecular weight excluding hydrogens is 260 g/mol. The number of pyridine rings is 1. The molecule has 2 aromatic rings. The Morgan fingerprint density at radius 3 is 2.65 bits per heavy atom. The maximum atomic E-state index is 12.2. The van der Waals surface area contributed by atoms with Crippen molar-refractivity contribution in [2.75, 3.05) is 20.3 Å². The van der Waals surface area contributed by atoms with Gasteiger partial charge in [-0.05, 0) is 6.07 Å². The number of carbonyl (C=O) groups excluding carboxylic acids is 1. The highest BCUT2D eigenvalue weighted by Crippen LogP contribution is 2.23. The fourth-order valence-electron chi connectivity index (χ4n) is 2.03. The van der Waals surface area contributed by atoms with Crippen LogP contribution in [-0.4, -0.2) is 35.8 Å². The average molecular weight is 276 g/mol. The Labute approximate surface area is 115 Å². The molecule has 2 rings (SSSR count). The summed E-state index contributed by atoms with van der Waals surface area (Å²) < 4.78 is 5.92. The monoisotopic (exact) mass is 276 g/mol. The minimum Gasteiger partial charge on any atom is -0.494 e. The van der Waals surface area contributed by atoms with Gasteiger partial charge in [-0.15, -0.1) is 0 Å². The van der Waals surface area contributed by atoms with Gasteiger partial charge in [0.25, 0.3) is 11.5 Å². The lowest BCUT2D eigenvalue weighted by Crippen LogP contribution is -2.29. The summed E-state index contributed by atoms with van der Waals surface area (Å²) in [5.41, 5.74) is -0.245. The molecule has 1 heterocycles. The molecule has 20 heavy (non-hydrogen) atoms. The van der Waals surface area contributed by atoms with Crippen molar-refractivity contribution < 1.29 is 14.6 Å². The topological polar surface area (TPSA) is 80.6 Å². The number of nitrogens with zero attached hydrogens (tertiary/aromatic N) is 1. The zero-order chi connectivity index (χ0) is 14.7. The first-order valence-corrected chi connectivity index (χ1v) is 6.15. The molecule has 0 aliphatic carbocycles. The molecule has 0 fully saturated rings. The number of carbonyl (C=O) groups is 1. The van der Waals surface area contributed by atoms with Crippen molar-refractivity contribution in [1.29, 1.82) is 0 Å². The Balaban J connectivity index is 2.57. The largest absolute Gasteiger partial charge is 0.494 e. The molecule has 0 radical (unpaired) electrons. The number of fused-ring (bicyclic) bond motifs is 1. The zero-order valence-corrected chi connectivity index (χ0v) is 11.3. The second kappa shape index (κ2) is 5.75. The van der Waals surface area contributed by atoms with E-state index in [0.717, 1.165) is 4.57 Å². The van der Waals surface area contributed by atoms with Gasteiger partial charge < -0.3 is 15.2 Å². The predicted octanol–water partition coefficient (Wildman–Crippen LogP) is 0.620. The van der Waals surface area contributed by atoms with Crippen LogP contribution in [0.3, 0.4) is 0 Å². The van der Waals surface area contributed by atoms with Gasteiger partial charge in [-0.1, -0.05) is 18.2 Å².